The predicted octanol–water partition coefficient (Wildman–Crippen LogP) is -0.0334. The molecular weight excluding hydrogens is 248 g/mol. The molecule has 1 rings (SSSR count). The minimum Gasteiger partial charge on any atom is -0.492 e. The van der Waals surface area contributed by atoms with Crippen molar-refractivity contribution in [2.45, 2.75) is 13.0 Å². The molecule has 0 aliphatic carbocycles. The van der Waals surface area contributed by atoms with Crippen molar-refractivity contribution in [1.29, 1.82) is 0 Å². The Kier molecular flexibility index (Phi) is 6.70. The van der Waals surface area contributed by atoms with Crippen molar-refractivity contribution < 1.29 is 19.7 Å². The van der Waals surface area contributed by atoms with Gasteiger partial charge in [-0.3, -0.25) is 4.79 Å². The maximum Gasteiger partial charge on any atom is 0.216 e. The minimum absolute atomic E-state index is 0.0782. The van der Waals surface area contributed by atoms with Crippen molar-refractivity contribution >= 4 is 11.6 Å². The van der Waals surface area contributed by atoms with Gasteiger partial charge in [0.25, 0.3) is 0 Å². The van der Waals surface area contributed by atoms with Crippen LogP contribution in [-0.4, -0.2) is 48.5 Å². The molecule has 6 heteroatoms. The van der Waals surface area contributed by atoms with Crippen molar-refractivity contribution in [2.24, 2.45) is 0 Å². The molecule has 0 aliphatic heterocycles. The molecule has 1 amide bonds. The molecule has 6 nitrogen and oxygen atoms in total. The first-order chi connectivity index (χ1) is 9.11. The maximum atomic E-state index is 10.6. The zero-order valence-corrected chi connectivity index (χ0v) is 10.9. The summed E-state index contributed by atoms with van der Waals surface area (Å²) in [6.45, 7) is 2.37. The fourth-order valence-electron chi connectivity index (χ4n) is 1.37. The van der Waals surface area contributed by atoms with Crippen LogP contribution in [0.3, 0.4) is 0 Å². The van der Waals surface area contributed by atoms with E-state index in [1.165, 1.54) is 6.92 Å². The average Bonchev–Trinajstić information content (AvgIpc) is 2.42. The first-order valence-corrected chi connectivity index (χ1v) is 6.12. The molecule has 1 aromatic carbocycles. The van der Waals surface area contributed by atoms with E-state index in [1.807, 2.05) is 12.1 Å². The molecule has 0 saturated carbocycles. The van der Waals surface area contributed by atoms with Gasteiger partial charge in [-0.15, -0.1) is 0 Å². The highest BCUT2D eigenvalue weighted by atomic mass is 16.5. The lowest BCUT2D eigenvalue weighted by molar-refractivity contribution is -0.119. The summed E-state index contributed by atoms with van der Waals surface area (Å²) in [7, 11) is 0. The Morgan fingerprint density at radius 1 is 1.37 bits per heavy atom. The molecule has 0 heterocycles. The van der Waals surface area contributed by atoms with E-state index in [-0.39, 0.29) is 12.5 Å². The number of ether oxygens (including phenoxy) is 1. The molecule has 19 heavy (non-hydrogen) atoms. The Hall–Kier alpha value is -1.79. The summed E-state index contributed by atoms with van der Waals surface area (Å²) >= 11 is 0. The van der Waals surface area contributed by atoms with Crippen LogP contribution < -0.4 is 15.4 Å². The average molecular weight is 268 g/mol. The van der Waals surface area contributed by atoms with Crippen molar-refractivity contribution in [3.63, 3.8) is 0 Å². The highest BCUT2D eigenvalue weighted by molar-refractivity contribution is 5.72. The van der Waals surface area contributed by atoms with Crippen LogP contribution >= 0.6 is 0 Å². The van der Waals surface area contributed by atoms with E-state index in [9.17, 15) is 9.90 Å². The van der Waals surface area contributed by atoms with Crippen molar-refractivity contribution in [3.8, 4) is 5.75 Å². The first-order valence-electron chi connectivity index (χ1n) is 6.12. The molecule has 1 unspecified atom stereocenters. The topological polar surface area (TPSA) is 90.8 Å². The Morgan fingerprint density at radius 3 is 2.63 bits per heavy atom. The predicted molar refractivity (Wildman–Crippen MR) is 72.2 cm³/mol. The number of rotatable bonds is 8. The number of aliphatic hydroxyl groups excluding tert-OH is 2. The summed E-state index contributed by atoms with van der Waals surface area (Å²) in [5.74, 6) is 0.629. The molecule has 0 aliphatic rings. The number of anilines is 1. The molecule has 0 aromatic heterocycles. The zero-order valence-electron chi connectivity index (χ0n) is 10.9. The van der Waals surface area contributed by atoms with Gasteiger partial charge in [0.1, 0.15) is 12.4 Å². The summed E-state index contributed by atoms with van der Waals surface area (Å²) in [6, 6.07) is 7.22. The summed E-state index contributed by atoms with van der Waals surface area (Å²) in [6.07, 6.45) is -0.770. The second kappa shape index (κ2) is 8.34. The molecule has 0 saturated heterocycles. The van der Waals surface area contributed by atoms with E-state index in [0.29, 0.717) is 25.4 Å². The fraction of sp³-hybridized carbons (Fsp3) is 0.462. The molecule has 0 radical (unpaired) electrons. The van der Waals surface area contributed by atoms with E-state index in [0.717, 1.165) is 5.69 Å². The number of carbonyl (C=O) groups excluding carboxylic acids is 1. The second-order valence-corrected chi connectivity index (χ2v) is 4.07. The lowest BCUT2D eigenvalue weighted by Gasteiger charge is -2.11. The van der Waals surface area contributed by atoms with Crippen molar-refractivity contribution in [3.05, 3.63) is 24.3 Å². The van der Waals surface area contributed by atoms with Crippen molar-refractivity contribution in [1.82, 2.24) is 5.32 Å². The van der Waals surface area contributed by atoms with E-state index in [2.05, 4.69) is 10.6 Å². The van der Waals surface area contributed by atoms with Crippen LogP contribution in [0.4, 0.5) is 5.69 Å². The zero-order chi connectivity index (χ0) is 14.1. The third-order valence-electron chi connectivity index (χ3n) is 2.35. The summed E-state index contributed by atoms with van der Waals surface area (Å²) < 4.78 is 5.43. The Balaban J connectivity index is 2.29. The Morgan fingerprint density at radius 2 is 2.05 bits per heavy atom. The summed E-state index contributed by atoms with van der Waals surface area (Å²) in [5.41, 5.74) is 0.835. The van der Waals surface area contributed by atoms with Gasteiger partial charge in [0.2, 0.25) is 5.91 Å². The lowest BCUT2D eigenvalue weighted by Crippen LogP contribution is -2.25. The van der Waals surface area contributed by atoms with Crippen LogP contribution in [0.2, 0.25) is 0 Å². The van der Waals surface area contributed by atoms with Gasteiger partial charge in [-0.25, -0.2) is 0 Å². The number of hydrogen-bond acceptors (Lipinski definition) is 5. The Bertz CT molecular complexity index is 381. The molecule has 1 aromatic rings. The van der Waals surface area contributed by atoms with Gasteiger partial charge < -0.3 is 25.6 Å². The van der Waals surface area contributed by atoms with E-state index >= 15 is 0 Å². The van der Waals surface area contributed by atoms with Crippen LogP contribution in [-0.2, 0) is 4.79 Å². The van der Waals surface area contributed by atoms with Gasteiger partial charge in [0.15, 0.2) is 0 Å². The first kappa shape index (κ1) is 15.3. The standard InChI is InChI=1S/C13H20N2O4/c1-10(17)14-6-7-19-13-4-2-11(3-5-13)15-8-12(18)9-16/h2-5,12,15-16,18H,6-9H2,1H3,(H,14,17). The smallest absolute Gasteiger partial charge is 0.216 e. The minimum atomic E-state index is -0.770. The number of nitrogens with one attached hydrogen (secondary N) is 2. The van der Waals surface area contributed by atoms with Gasteiger partial charge in [-0.05, 0) is 24.3 Å². The maximum absolute atomic E-state index is 10.6. The van der Waals surface area contributed by atoms with Gasteiger partial charge in [0.05, 0.1) is 19.3 Å². The summed E-state index contributed by atoms with van der Waals surface area (Å²) in [5, 5.41) is 23.5. The molecule has 106 valence electrons. The second-order valence-electron chi connectivity index (χ2n) is 4.07. The van der Waals surface area contributed by atoms with Gasteiger partial charge in [0, 0.05) is 19.2 Å². The third-order valence-corrected chi connectivity index (χ3v) is 2.35. The van der Waals surface area contributed by atoms with Crippen LogP contribution in [0.25, 0.3) is 0 Å². The molecule has 1 atom stereocenters. The number of aliphatic hydroxyl groups is 2. The monoisotopic (exact) mass is 268 g/mol. The number of hydrogen-bond donors (Lipinski definition) is 4. The highest BCUT2D eigenvalue weighted by Crippen LogP contribution is 2.15. The SMILES string of the molecule is CC(=O)NCCOc1ccc(NCC(O)CO)cc1. The molecular formula is C13H20N2O4. The van der Waals surface area contributed by atoms with Crippen molar-refractivity contribution in [2.75, 3.05) is 31.6 Å². The fourth-order valence-corrected chi connectivity index (χ4v) is 1.37. The largest absolute Gasteiger partial charge is 0.492 e. The quantitative estimate of drug-likeness (QED) is 0.497. The van der Waals surface area contributed by atoms with Crippen LogP contribution in [0.5, 0.6) is 5.75 Å². The van der Waals surface area contributed by atoms with Gasteiger partial charge >= 0.3 is 0 Å². The van der Waals surface area contributed by atoms with Gasteiger partial charge in [-0.1, -0.05) is 0 Å². The molecule has 4 N–H and O–H groups in total. The summed E-state index contributed by atoms with van der Waals surface area (Å²) in [4.78, 5) is 10.6. The third kappa shape index (κ3) is 6.64. The highest BCUT2D eigenvalue weighted by Gasteiger charge is 2.01. The molecule has 0 bridgehead atoms. The van der Waals surface area contributed by atoms with E-state index in [4.69, 9.17) is 9.84 Å². The lowest BCUT2D eigenvalue weighted by atomic mass is 10.3. The van der Waals surface area contributed by atoms with Crippen LogP contribution in [0.1, 0.15) is 6.92 Å². The molecule has 0 spiro atoms. The number of benzene rings is 1. The number of carbonyl (C=O) groups is 1. The van der Waals surface area contributed by atoms with E-state index < -0.39 is 6.10 Å². The van der Waals surface area contributed by atoms with E-state index in [1.54, 1.807) is 12.1 Å². The van der Waals surface area contributed by atoms with Crippen LogP contribution in [0.15, 0.2) is 24.3 Å². The van der Waals surface area contributed by atoms with Crippen LogP contribution in [0, 0.1) is 0 Å². The normalized spacial score (nSPS) is 11.7. The number of amides is 1. The van der Waals surface area contributed by atoms with Gasteiger partial charge in [-0.2, -0.15) is 0 Å². The Labute approximate surface area is 112 Å². The molecule has 0 fully saturated rings.